The summed E-state index contributed by atoms with van der Waals surface area (Å²) >= 11 is 0. The Kier molecular flexibility index (Phi) is 8.31. The second kappa shape index (κ2) is 12.3. The van der Waals surface area contributed by atoms with Crippen molar-refractivity contribution in [2.45, 2.75) is 52.2 Å². The molecule has 1 aliphatic carbocycles. The Morgan fingerprint density at radius 2 is 1.79 bits per heavy atom. The molecule has 0 spiro atoms. The van der Waals surface area contributed by atoms with Crippen LogP contribution in [-0.2, 0) is 16.1 Å². The maximum absolute atomic E-state index is 13.4. The first kappa shape index (κ1) is 28.4. The number of imidazole rings is 1. The maximum atomic E-state index is 13.4. The number of pyridine rings is 1. The lowest BCUT2D eigenvalue weighted by atomic mass is 9.86. The monoisotopic (exact) mass is 566 g/mol. The molecule has 1 amide bonds. The van der Waals surface area contributed by atoms with Crippen molar-refractivity contribution in [2.75, 3.05) is 40.4 Å². The number of amides is 1. The summed E-state index contributed by atoms with van der Waals surface area (Å²) in [6, 6.07) is 19.1. The Labute approximate surface area is 249 Å². The van der Waals surface area contributed by atoms with E-state index in [0.29, 0.717) is 5.91 Å². The molecule has 2 aliphatic rings. The normalized spacial score (nSPS) is 19.8. The Morgan fingerprint density at radius 3 is 2.57 bits per heavy atom. The van der Waals surface area contributed by atoms with Crippen LogP contribution in [0.2, 0.25) is 0 Å². The summed E-state index contributed by atoms with van der Waals surface area (Å²) in [5, 5.41) is 0. The average molecular weight is 567 g/mol. The van der Waals surface area contributed by atoms with Crippen molar-refractivity contribution in [3.8, 4) is 28.1 Å². The zero-order valence-electron chi connectivity index (χ0n) is 25.3. The Hall–Kier alpha value is -3.68. The van der Waals surface area contributed by atoms with Crippen molar-refractivity contribution in [1.29, 1.82) is 0 Å². The highest BCUT2D eigenvalue weighted by Gasteiger charge is 2.32. The molecule has 2 atom stereocenters. The Morgan fingerprint density at radius 1 is 0.952 bits per heavy atom. The van der Waals surface area contributed by atoms with Crippen LogP contribution in [0.5, 0.6) is 5.75 Å². The number of fused-ring (bicyclic) bond motifs is 1. The molecular weight excluding hydrogens is 524 g/mol. The first-order chi connectivity index (χ1) is 20.4. The minimum absolute atomic E-state index is 0.0946. The smallest absolute Gasteiger partial charge is 0.225 e. The molecule has 0 N–H and O–H groups in total. The zero-order valence-corrected chi connectivity index (χ0v) is 25.3. The number of carbonyl (C=O) groups excluding carboxylic acids is 1. The van der Waals surface area contributed by atoms with Crippen LogP contribution in [0, 0.1) is 19.8 Å². The first-order valence-electron chi connectivity index (χ1n) is 15.2. The van der Waals surface area contributed by atoms with Gasteiger partial charge in [0.25, 0.3) is 0 Å². The molecule has 1 aliphatic heterocycles. The van der Waals surface area contributed by atoms with Gasteiger partial charge in [0.15, 0.2) is 0 Å². The molecule has 2 fully saturated rings. The van der Waals surface area contributed by atoms with E-state index in [1.165, 1.54) is 22.3 Å². The molecule has 2 aromatic heterocycles. The number of ether oxygens (including phenoxy) is 2. The lowest BCUT2D eigenvalue weighted by Gasteiger charge is -2.38. The third kappa shape index (κ3) is 5.81. The van der Waals surface area contributed by atoms with E-state index < -0.39 is 0 Å². The number of carbonyl (C=O) groups is 1. The third-order valence-corrected chi connectivity index (χ3v) is 9.13. The zero-order chi connectivity index (χ0) is 29.2. The van der Waals surface area contributed by atoms with Crippen LogP contribution in [0.15, 0.2) is 60.8 Å². The number of nitrogens with zero attached hydrogens (tertiary/aromatic N) is 4. The van der Waals surface area contributed by atoms with Crippen LogP contribution in [0.4, 0.5) is 0 Å². The van der Waals surface area contributed by atoms with Gasteiger partial charge in [0, 0.05) is 57.5 Å². The number of hydrogen-bond donors (Lipinski definition) is 0. The summed E-state index contributed by atoms with van der Waals surface area (Å²) in [4.78, 5) is 23.0. The number of methoxy groups -OCH3 is 2. The number of aryl methyl sites for hydroxylation is 2. The standard InChI is InChI=1S/C35H42N4O3/c1-24-11-12-25(2)31(19-24)28-13-14-33-36-34(26-7-5-9-29(20-26)41-3)32(39(33)22-28)23-37-15-17-38(18-16-37)35(40)27-8-6-10-30(21-27)42-4/h5,7,9,11-14,19-20,22,27,30H,6,8,10,15-18,21,23H2,1-4H3/t27-,30-/m0/s1. The SMILES string of the molecule is COc1cccc(-c2nc3ccc(-c4cc(C)ccc4C)cn3c2CN2CCN(C(=O)[C@H]3CCC[C@H](OC)C3)CC2)c1. The summed E-state index contributed by atoms with van der Waals surface area (Å²) in [6.07, 6.45) is 6.41. The van der Waals surface area contributed by atoms with Crippen LogP contribution in [0.3, 0.4) is 0 Å². The molecule has 0 bridgehead atoms. The fourth-order valence-electron chi connectivity index (χ4n) is 6.63. The van der Waals surface area contributed by atoms with Crippen molar-refractivity contribution in [1.82, 2.24) is 19.2 Å². The van der Waals surface area contributed by atoms with E-state index in [1.807, 2.05) is 12.1 Å². The highest BCUT2D eigenvalue weighted by atomic mass is 16.5. The number of benzene rings is 2. The predicted octanol–water partition coefficient (Wildman–Crippen LogP) is 6.14. The van der Waals surface area contributed by atoms with Gasteiger partial charge in [-0.2, -0.15) is 0 Å². The summed E-state index contributed by atoms with van der Waals surface area (Å²) in [7, 11) is 3.46. The van der Waals surface area contributed by atoms with Gasteiger partial charge in [0.1, 0.15) is 11.4 Å². The van der Waals surface area contributed by atoms with Crippen LogP contribution in [0.1, 0.15) is 42.5 Å². The van der Waals surface area contributed by atoms with E-state index >= 15 is 0 Å². The lowest BCUT2D eigenvalue weighted by molar-refractivity contribution is -0.140. The fraction of sp³-hybridized carbons (Fsp3) is 0.429. The third-order valence-electron chi connectivity index (χ3n) is 9.13. The van der Waals surface area contributed by atoms with E-state index in [2.05, 4.69) is 76.7 Å². The fourth-order valence-corrected chi connectivity index (χ4v) is 6.63. The molecule has 0 radical (unpaired) electrons. The van der Waals surface area contributed by atoms with Crippen molar-refractivity contribution < 1.29 is 14.3 Å². The summed E-state index contributed by atoms with van der Waals surface area (Å²) in [5.41, 5.74) is 9.01. The van der Waals surface area contributed by atoms with Crippen LogP contribution in [0.25, 0.3) is 28.0 Å². The van der Waals surface area contributed by atoms with Gasteiger partial charge in [-0.1, -0.05) is 42.3 Å². The highest BCUT2D eigenvalue weighted by Crippen LogP contribution is 2.32. The number of piperazine rings is 1. The highest BCUT2D eigenvalue weighted by molar-refractivity contribution is 5.79. The summed E-state index contributed by atoms with van der Waals surface area (Å²) in [5.74, 6) is 1.22. The summed E-state index contributed by atoms with van der Waals surface area (Å²) < 4.78 is 13.4. The van der Waals surface area contributed by atoms with Gasteiger partial charge >= 0.3 is 0 Å². The molecule has 7 heteroatoms. The number of aromatic nitrogens is 2. The first-order valence-corrected chi connectivity index (χ1v) is 15.2. The molecule has 1 saturated carbocycles. The maximum Gasteiger partial charge on any atom is 0.225 e. The van der Waals surface area contributed by atoms with E-state index in [4.69, 9.17) is 14.5 Å². The van der Waals surface area contributed by atoms with Gasteiger partial charge < -0.3 is 18.8 Å². The molecule has 1 saturated heterocycles. The van der Waals surface area contributed by atoms with E-state index in [0.717, 1.165) is 86.8 Å². The van der Waals surface area contributed by atoms with Gasteiger partial charge in [-0.3, -0.25) is 9.69 Å². The van der Waals surface area contributed by atoms with Crippen LogP contribution < -0.4 is 4.74 Å². The van der Waals surface area contributed by atoms with Crippen molar-refractivity contribution >= 4 is 11.6 Å². The van der Waals surface area contributed by atoms with Crippen molar-refractivity contribution in [3.05, 3.63) is 77.6 Å². The van der Waals surface area contributed by atoms with Gasteiger partial charge in [0.05, 0.1) is 24.6 Å². The molecule has 4 aromatic rings. The Bertz CT molecular complexity index is 1570. The molecule has 3 heterocycles. The van der Waals surface area contributed by atoms with Crippen molar-refractivity contribution in [2.24, 2.45) is 5.92 Å². The molecule has 0 unspecified atom stereocenters. The molecule has 220 valence electrons. The summed E-state index contributed by atoms with van der Waals surface area (Å²) in [6.45, 7) is 8.25. The Balaban J connectivity index is 1.28. The molecule has 6 rings (SSSR count). The van der Waals surface area contributed by atoms with Crippen molar-refractivity contribution in [3.63, 3.8) is 0 Å². The quantitative estimate of drug-likeness (QED) is 0.269. The largest absolute Gasteiger partial charge is 0.497 e. The lowest BCUT2D eigenvalue weighted by Crippen LogP contribution is -2.50. The minimum atomic E-state index is 0.0946. The molecule has 7 nitrogen and oxygen atoms in total. The minimum Gasteiger partial charge on any atom is -0.497 e. The van der Waals surface area contributed by atoms with Gasteiger partial charge in [-0.25, -0.2) is 4.98 Å². The molecule has 42 heavy (non-hydrogen) atoms. The second-order valence-electron chi connectivity index (χ2n) is 11.9. The number of hydrogen-bond acceptors (Lipinski definition) is 5. The molecular formula is C35H42N4O3. The topological polar surface area (TPSA) is 59.3 Å². The van der Waals surface area contributed by atoms with Gasteiger partial charge in [0.2, 0.25) is 5.91 Å². The van der Waals surface area contributed by atoms with Gasteiger partial charge in [-0.15, -0.1) is 0 Å². The number of rotatable bonds is 7. The predicted molar refractivity (Wildman–Crippen MR) is 167 cm³/mol. The van der Waals surface area contributed by atoms with Gasteiger partial charge in [-0.05, 0) is 74.1 Å². The second-order valence-corrected chi connectivity index (χ2v) is 11.9. The van der Waals surface area contributed by atoms with E-state index in [-0.39, 0.29) is 12.0 Å². The molecule has 2 aromatic carbocycles. The average Bonchev–Trinajstić information content (AvgIpc) is 3.39. The van der Waals surface area contributed by atoms with E-state index in [9.17, 15) is 4.79 Å². The van der Waals surface area contributed by atoms with Crippen LogP contribution in [-0.4, -0.2) is 71.6 Å². The van der Waals surface area contributed by atoms with Crippen LogP contribution >= 0.6 is 0 Å². The van der Waals surface area contributed by atoms with E-state index in [1.54, 1.807) is 14.2 Å².